The van der Waals surface area contributed by atoms with Crippen molar-refractivity contribution in [1.29, 1.82) is 0 Å². The lowest BCUT2D eigenvalue weighted by molar-refractivity contribution is 0.0974. The first-order chi connectivity index (χ1) is 8.49. The van der Waals surface area contributed by atoms with E-state index < -0.39 is 5.78 Å². The van der Waals surface area contributed by atoms with Crippen LogP contribution >= 0.6 is 0 Å². The number of hydrogen-bond donors (Lipinski definition) is 1. The fourth-order valence-electron chi connectivity index (χ4n) is 2.27. The average Bonchev–Trinajstić information content (AvgIpc) is 2.67. The van der Waals surface area contributed by atoms with E-state index in [1.54, 1.807) is 20.0 Å². The van der Waals surface area contributed by atoms with Crippen molar-refractivity contribution in [3.63, 3.8) is 0 Å². The van der Waals surface area contributed by atoms with Crippen LogP contribution in [0.4, 0.5) is 0 Å². The molecule has 0 amide bonds. The molecule has 0 spiro atoms. The molecule has 1 aromatic carbocycles. The van der Waals surface area contributed by atoms with E-state index >= 15 is 0 Å². The lowest BCUT2D eigenvalue weighted by Gasteiger charge is -2.14. The van der Waals surface area contributed by atoms with Gasteiger partial charge in [-0.25, -0.2) is 0 Å². The van der Waals surface area contributed by atoms with Crippen molar-refractivity contribution in [1.82, 2.24) is 9.78 Å². The smallest absolute Gasteiger partial charge is 0.218 e. The van der Waals surface area contributed by atoms with Gasteiger partial charge in [0.1, 0.15) is 11.4 Å². The van der Waals surface area contributed by atoms with Crippen LogP contribution in [0.1, 0.15) is 37.5 Å². The number of aromatic hydroxyl groups is 1. The van der Waals surface area contributed by atoms with Gasteiger partial charge in [-0.2, -0.15) is 5.10 Å². The number of rotatable bonds is 0. The summed E-state index contributed by atoms with van der Waals surface area (Å²) in [6, 6.07) is 3.09. The van der Waals surface area contributed by atoms with Crippen LogP contribution < -0.4 is 0 Å². The van der Waals surface area contributed by atoms with E-state index in [0.29, 0.717) is 5.56 Å². The molecular formula is C13H10N2O3. The van der Waals surface area contributed by atoms with Crippen LogP contribution in [0.3, 0.4) is 0 Å². The molecule has 1 N–H and O–H groups in total. The summed E-state index contributed by atoms with van der Waals surface area (Å²) in [7, 11) is 1.65. The van der Waals surface area contributed by atoms with Gasteiger partial charge < -0.3 is 5.11 Å². The Balaban J connectivity index is 2.36. The van der Waals surface area contributed by atoms with E-state index in [9.17, 15) is 14.7 Å². The van der Waals surface area contributed by atoms with Gasteiger partial charge in [0.25, 0.3) is 0 Å². The van der Waals surface area contributed by atoms with Crippen LogP contribution in [-0.4, -0.2) is 26.5 Å². The SMILES string of the molecule is Cc1cc(O)c2c(c1)C(=O)c1cn(C)nc1C2=O. The number of carbonyl (C=O) groups is 2. The number of ketones is 2. The molecule has 2 aromatic rings. The summed E-state index contributed by atoms with van der Waals surface area (Å²) >= 11 is 0. The number of nitrogens with zero attached hydrogens (tertiary/aromatic N) is 2. The van der Waals surface area contributed by atoms with Gasteiger partial charge in [0.05, 0.1) is 11.1 Å². The third kappa shape index (κ3) is 1.24. The Labute approximate surface area is 103 Å². The molecule has 1 aromatic heterocycles. The lowest BCUT2D eigenvalue weighted by Crippen LogP contribution is -2.20. The Kier molecular flexibility index (Phi) is 1.96. The molecule has 90 valence electrons. The highest BCUT2D eigenvalue weighted by molar-refractivity contribution is 6.28. The average molecular weight is 242 g/mol. The molecular weight excluding hydrogens is 232 g/mol. The van der Waals surface area contributed by atoms with Crippen LogP contribution in [0.5, 0.6) is 5.75 Å². The summed E-state index contributed by atoms with van der Waals surface area (Å²) in [6.07, 6.45) is 1.53. The van der Waals surface area contributed by atoms with Gasteiger partial charge in [-0.15, -0.1) is 0 Å². The molecule has 0 radical (unpaired) electrons. The molecule has 0 bridgehead atoms. The standard InChI is InChI=1S/C13H10N2O3/c1-6-3-7-10(9(16)4-6)13(18)11-8(12(7)17)5-15(2)14-11/h3-5,16H,1-2H3. The molecule has 0 unspecified atom stereocenters. The monoisotopic (exact) mass is 242 g/mol. The quantitative estimate of drug-likeness (QED) is 0.643. The maximum Gasteiger partial charge on any atom is 0.218 e. The van der Waals surface area contributed by atoms with Crippen molar-refractivity contribution in [3.05, 3.63) is 46.3 Å². The molecule has 0 saturated heterocycles. The molecule has 0 atom stereocenters. The van der Waals surface area contributed by atoms with Gasteiger partial charge in [0.2, 0.25) is 5.78 Å². The molecule has 1 heterocycles. The highest BCUT2D eigenvalue weighted by Crippen LogP contribution is 2.32. The Morgan fingerprint density at radius 1 is 1.17 bits per heavy atom. The molecule has 1 aliphatic carbocycles. The van der Waals surface area contributed by atoms with E-state index in [1.807, 2.05) is 0 Å². The van der Waals surface area contributed by atoms with Crippen LogP contribution in [0.15, 0.2) is 18.3 Å². The van der Waals surface area contributed by atoms with Crippen molar-refractivity contribution in [2.24, 2.45) is 7.05 Å². The van der Waals surface area contributed by atoms with Crippen LogP contribution in [0, 0.1) is 6.92 Å². The van der Waals surface area contributed by atoms with Crippen molar-refractivity contribution in [2.45, 2.75) is 6.92 Å². The molecule has 5 nitrogen and oxygen atoms in total. The highest BCUT2D eigenvalue weighted by atomic mass is 16.3. The maximum atomic E-state index is 12.3. The Morgan fingerprint density at radius 2 is 1.89 bits per heavy atom. The Morgan fingerprint density at radius 3 is 2.61 bits per heavy atom. The number of aromatic nitrogens is 2. The van der Waals surface area contributed by atoms with E-state index in [2.05, 4.69) is 5.10 Å². The van der Waals surface area contributed by atoms with Gasteiger partial charge in [0.15, 0.2) is 5.78 Å². The summed E-state index contributed by atoms with van der Waals surface area (Å²) < 4.78 is 1.43. The third-order valence-corrected chi connectivity index (χ3v) is 3.02. The van der Waals surface area contributed by atoms with Crippen LogP contribution in [0.25, 0.3) is 0 Å². The maximum absolute atomic E-state index is 12.3. The lowest BCUT2D eigenvalue weighted by atomic mass is 9.86. The Bertz CT molecular complexity index is 713. The molecule has 3 rings (SSSR count). The second-order valence-corrected chi connectivity index (χ2v) is 4.43. The zero-order valence-corrected chi connectivity index (χ0v) is 9.89. The van der Waals surface area contributed by atoms with E-state index in [0.717, 1.165) is 5.56 Å². The molecule has 0 saturated carbocycles. The van der Waals surface area contributed by atoms with Crippen LogP contribution in [-0.2, 0) is 7.05 Å². The number of benzene rings is 1. The Hall–Kier alpha value is -2.43. The summed E-state index contributed by atoms with van der Waals surface area (Å²) in [5, 5.41) is 13.8. The fourth-order valence-corrected chi connectivity index (χ4v) is 2.27. The van der Waals surface area contributed by atoms with Gasteiger partial charge in [-0.1, -0.05) is 0 Å². The molecule has 5 heteroatoms. The zero-order valence-electron chi connectivity index (χ0n) is 9.89. The largest absolute Gasteiger partial charge is 0.507 e. The van der Waals surface area contributed by atoms with Gasteiger partial charge in [0, 0.05) is 18.8 Å². The topological polar surface area (TPSA) is 72.2 Å². The van der Waals surface area contributed by atoms with Crippen molar-refractivity contribution in [2.75, 3.05) is 0 Å². The van der Waals surface area contributed by atoms with E-state index in [-0.39, 0.29) is 28.4 Å². The molecule has 1 aliphatic rings. The predicted octanol–water partition coefficient (Wildman–Crippen LogP) is 1.21. The molecule has 18 heavy (non-hydrogen) atoms. The first-order valence-corrected chi connectivity index (χ1v) is 5.45. The van der Waals surface area contributed by atoms with Crippen molar-refractivity contribution < 1.29 is 14.7 Å². The molecule has 0 aliphatic heterocycles. The van der Waals surface area contributed by atoms with E-state index in [1.165, 1.54) is 16.9 Å². The second kappa shape index (κ2) is 3.29. The predicted molar refractivity (Wildman–Crippen MR) is 62.9 cm³/mol. The van der Waals surface area contributed by atoms with Gasteiger partial charge in [-0.05, 0) is 24.6 Å². The zero-order chi connectivity index (χ0) is 13.0. The summed E-state index contributed by atoms with van der Waals surface area (Å²) in [4.78, 5) is 24.5. The summed E-state index contributed by atoms with van der Waals surface area (Å²) in [6.45, 7) is 1.76. The number of carbonyl (C=O) groups excluding carboxylic acids is 2. The van der Waals surface area contributed by atoms with Gasteiger partial charge >= 0.3 is 0 Å². The highest BCUT2D eigenvalue weighted by Gasteiger charge is 2.34. The van der Waals surface area contributed by atoms with Crippen molar-refractivity contribution >= 4 is 11.6 Å². The van der Waals surface area contributed by atoms with Crippen LogP contribution in [0.2, 0.25) is 0 Å². The number of aryl methyl sites for hydroxylation is 2. The first kappa shape index (κ1) is 10.7. The number of phenolic OH excluding ortho intramolecular Hbond substituents is 1. The number of hydrogen-bond acceptors (Lipinski definition) is 4. The minimum Gasteiger partial charge on any atom is -0.507 e. The number of fused-ring (bicyclic) bond motifs is 2. The summed E-state index contributed by atoms with van der Waals surface area (Å²) in [5.41, 5.74) is 1.43. The first-order valence-electron chi connectivity index (χ1n) is 5.45. The second-order valence-electron chi connectivity index (χ2n) is 4.43. The van der Waals surface area contributed by atoms with Gasteiger partial charge in [-0.3, -0.25) is 14.3 Å². The van der Waals surface area contributed by atoms with E-state index in [4.69, 9.17) is 0 Å². The summed E-state index contributed by atoms with van der Waals surface area (Å²) in [5.74, 6) is -0.843. The number of phenols is 1. The fraction of sp³-hybridized carbons (Fsp3) is 0.154. The molecule has 0 fully saturated rings. The van der Waals surface area contributed by atoms with Crippen molar-refractivity contribution in [3.8, 4) is 5.75 Å². The minimum atomic E-state index is -0.405. The minimum absolute atomic E-state index is 0.0526. The normalized spacial score (nSPS) is 13.4. The third-order valence-electron chi connectivity index (χ3n) is 3.02.